The zero-order valence-electron chi connectivity index (χ0n) is 15.1. The lowest BCUT2D eigenvalue weighted by Gasteiger charge is -2.12. The largest absolute Gasteiger partial charge is 0.490 e. The van der Waals surface area contributed by atoms with E-state index in [1.165, 1.54) is 10.4 Å². The van der Waals surface area contributed by atoms with E-state index in [-0.39, 0.29) is 6.10 Å². The molecule has 2 aromatic rings. The quantitative estimate of drug-likeness (QED) is 0.485. The first kappa shape index (κ1) is 19.7. The number of aliphatic hydroxyl groups excluding tert-OH is 1. The maximum atomic E-state index is 9.23. The highest BCUT2D eigenvalue weighted by atomic mass is 32.1. The highest BCUT2D eigenvalue weighted by Crippen LogP contribution is 2.29. The predicted octanol–water partition coefficient (Wildman–Crippen LogP) is 0.733. The predicted molar refractivity (Wildman–Crippen MR) is 100 cm³/mol. The minimum Gasteiger partial charge on any atom is -0.490 e. The molecule has 0 saturated carbocycles. The molecule has 0 fully saturated rings. The van der Waals surface area contributed by atoms with Crippen molar-refractivity contribution < 1.29 is 25.2 Å². The maximum absolute atomic E-state index is 9.23. The van der Waals surface area contributed by atoms with E-state index >= 15 is 0 Å². The van der Waals surface area contributed by atoms with E-state index in [1.54, 1.807) is 11.3 Å². The van der Waals surface area contributed by atoms with Crippen molar-refractivity contribution in [2.75, 3.05) is 26.2 Å². The van der Waals surface area contributed by atoms with Crippen molar-refractivity contribution in [1.82, 2.24) is 0 Å². The number of hydrogen-bond acceptors (Lipinski definition) is 4. The monoisotopic (exact) mass is 366 g/mol. The molecule has 0 radical (unpaired) electrons. The number of quaternary nitrogens is 2. The van der Waals surface area contributed by atoms with Crippen molar-refractivity contribution in [3.63, 3.8) is 0 Å². The molecule has 5 N–H and O–H groups in total. The van der Waals surface area contributed by atoms with Gasteiger partial charge < -0.3 is 25.2 Å². The number of benzene rings is 1. The van der Waals surface area contributed by atoms with E-state index in [0.717, 1.165) is 37.7 Å². The highest BCUT2D eigenvalue weighted by Gasteiger charge is 2.08. The molecule has 0 unspecified atom stereocenters. The van der Waals surface area contributed by atoms with Crippen molar-refractivity contribution >= 4 is 11.3 Å². The average Bonchev–Trinajstić information content (AvgIpc) is 3.11. The Balaban J connectivity index is 1.82. The zero-order valence-corrected chi connectivity index (χ0v) is 15.9. The van der Waals surface area contributed by atoms with Crippen molar-refractivity contribution in [2.24, 2.45) is 0 Å². The van der Waals surface area contributed by atoms with Gasteiger partial charge in [-0.3, -0.25) is 0 Å². The van der Waals surface area contributed by atoms with Gasteiger partial charge in [-0.2, -0.15) is 0 Å². The molecule has 1 atom stereocenters. The van der Waals surface area contributed by atoms with Crippen LogP contribution in [0.1, 0.15) is 24.3 Å². The molecule has 6 heteroatoms. The van der Waals surface area contributed by atoms with Crippen LogP contribution in [0.4, 0.5) is 0 Å². The summed E-state index contributed by atoms with van der Waals surface area (Å²) in [4.78, 5) is 1.20. The van der Waals surface area contributed by atoms with Crippen molar-refractivity contribution in [2.45, 2.75) is 33.1 Å². The molecule has 2 rings (SSSR count). The molecular formula is C19H30N2O3S+2. The molecule has 0 saturated heterocycles. The molecule has 0 aliphatic rings. The highest BCUT2D eigenvalue weighted by molar-refractivity contribution is 7.09. The molecule has 0 aliphatic heterocycles. The molecule has 5 nitrogen and oxygen atoms in total. The van der Waals surface area contributed by atoms with Crippen molar-refractivity contribution in [1.29, 1.82) is 0 Å². The third kappa shape index (κ3) is 7.44. The number of nitrogens with two attached hydrogens (primary N) is 2. The third-order valence-corrected chi connectivity index (χ3v) is 4.57. The molecule has 0 spiro atoms. The lowest BCUT2D eigenvalue weighted by Crippen LogP contribution is -2.95. The van der Waals surface area contributed by atoms with E-state index in [9.17, 15) is 5.11 Å². The number of aliphatic hydroxyl groups is 1. The second-order valence-corrected chi connectivity index (χ2v) is 7.06. The number of hydrogen-bond donors (Lipinski definition) is 3. The molecule has 1 aromatic heterocycles. The Morgan fingerprint density at radius 2 is 1.96 bits per heavy atom. The first-order chi connectivity index (χ1) is 12.2. The minimum absolute atomic E-state index is 0.240. The fraction of sp³-hybridized carbons (Fsp3) is 0.474. The van der Waals surface area contributed by atoms with Gasteiger partial charge in [0.05, 0.1) is 12.7 Å². The van der Waals surface area contributed by atoms with Gasteiger partial charge in [0.1, 0.15) is 32.8 Å². The van der Waals surface area contributed by atoms with Gasteiger partial charge in [0.25, 0.3) is 0 Å². The van der Waals surface area contributed by atoms with Gasteiger partial charge in [-0.25, -0.2) is 0 Å². The van der Waals surface area contributed by atoms with Crippen LogP contribution < -0.4 is 20.1 Å². The standard InChI is InChI=1S/C19H28N2O3S/c1-3-23-19-11-16(13-21-9-8-20-12-15(2)22)6-7-18(19)24-14-17-5-4-10-25-17/h4-7,10-11,15,20-22H,3,8-9,12-14H2,1-2H3/p+2/t15-/m1/s1. The number of thiophene rings is 1. The SMILES string of the molecule is CCOc1cc(C[NH2+]CC[NH2+]C[C@@H](C)O)ccc1OCc1cccs1. The van der Waals surface area contributed by atoms with Crippen LogP contribution in [-0.2, 0) is 13.2 Å². The molecule has 0 bridgehead atoms. The van der Waals surface area contributed by atoms with Gasteiger partial charge in [0.15, 0.2) is 11.5 Å². The lowest BCUT2D eigenvalue weighted by atomic mass is 10.2. The lowest BCUT2D eigenvalue weighted by molar-refractivity contribution is -0.733. The maximum Gasteiger partial charge on any atom is 0.161 e. The van der Waals surface area contributed by atoms with Crippen LogP contribution in [-0.4, -0.2) is 37.5 Å². The molecule has 25 heavy (non-hydrogen) atoms. The van der Waals surface area contributed by atoms with Gasteiger partial charge in [-0.1, -0.05) is 6.07 Å². The average molecular weight is 367 g/mol. The summed E-state index contributed by atoms with van der Waals surface area (Å²) < 4.78 is 11.7. The molecule has 1 aromatic carbocycles. The summed E-state index contributed by atoms with van der Waals surface area (Å²) >= 11 is 1.69. The second-order valence-electron chi connectivity index (χ2n) is 6.03. The molecule has 1 heterocycles. The third-order valence-electron chi connectivity index (χ3n) is 3.72. The fourth-order valence-corrected chi connectivity index (χ4v) is 3.09. The molecule has 0 aliphatic carbocycles. The Bertz CT molecular complexity index is 603. The van der Waals surface area contributed by atoms with Crippen molar-refractivity contribution in [3.8, 4) is 11.5 Å². The van der Waals surface area contributed by atoms with Crippen LogP contribution in [0.25, 0.3) is 0 Å². The van der Waals surface area contributed by atoms with E-state index in [4.69, 9.17) is 9.47 Å². The van der Waals surface area contributed by atoms with Crippen molar-refractivity contribution in [3.05, 3.63) is 46.2 Å². The summed E-state index contributed by atoms with van der Waals surface area (Å²) in [5, 5.41) is 15.7. The Morgan fingerprint density at radius 1 is 1.12 bits per heavy atom. The van der Waals surface area contributed by atoms with Crippen LogP contribution >= 0.6 is 11.3 Å². The number of ether oxygens (including phenoxy) is 2. The topological polar surface area (TPSA) is 71.9 Å². The van der Waals surface area contributed by atoms with Crippen LogP contribution in [0.3, 0.4) is 0 Å². The Hall–Kier alpha value is -1.60. The van der Waals surface area contributed by atoms with Gasteiger partial charge >= 0.3 is 0 Å². The first-order valence-corrected chi connectivity index (χ1v) is 9.79. The van der Waals surface area contributed by atoms with Gasteiger partial charge in [0.2, 0.25) is 0 Å². The van der Waals surface area contributed by atoms with E-state index in [2.05, 4.69) is 34.2 Å². The minimum atomic E-state index is -0.240. The van der Waals surface area contributed by atoms with Gasteiger partial charge in [-0.05, 0) is 43.5 Å². The fourth-order valence-electron chi connectivity index (χ4n) is 2.47. The Labute approximate surface area is 154 Å². The molecular weight excluding hydrogens is 336 g/mol. The smallest absolute Gasteiger partial charge is 0.161 e. The second kappa shape index (κ2) is 11.1. The van der Waals surface area contributed by atoms with Crippen LogP contribution in [0.15, 0.2) is 35.7 Å². The molecule has 0 amide bonds. The summed E-state index contributed by atoms with van der Waals surface area (Å²) in [5.74, 6) is 1.61. The number of rotatable bonds is 12. The van der Waals surface area contributed by atoms with Gasteiger partial charge in [-0.15, -0.1) is 11.3 Å². The summed E-state index contributed by atoms with van der Waals surface area (Å²) in [7, 11) is 0. The van der Waals surface area contributed by atoms with Gasteiger partial charge in [0, 0.05) is 10.4 Å². The van der Waals surface area contributed by atoms with E-state index in [0.29, 0.717) is 13.2 Å². The van der Waals surface area contributed by atoms with Crippen LogP contribution in [0, 0.1) is 0 Å². The summed E-state index contributed by atoms with van der Waals surface area (Å²) in [6.45, 7) is 8.70. The van der Waals surface area contributed by atoms with E-state index < -0.39 is 0 Å². The van der Waals surface area contributed by atoms with Crippen LogP contribution in [0.5, 0.6) is 11.5 Å². The first-order valence-electron chi connectivity index (χ1n) is 8.91. The summed E-state index contributed by atoms with van der Waals surface area (Å²) in [5.41, 5.74) is 1.22. The molecule has 138 valence electrons. The summed E-state index contributed by atoms with van der Waals surface area (Å²) in [6.07, 6.45) is -0.240. The van der Waals surface area contributed by atoms with Crippen LogP contribution in [0.2, 0.25) is 0 Å². The zero-order chi connectivity index (χ0) is 17.9. The normalized spacial score (nSPS) is 12.1. The van der Waals surface area contributed by atoms with E-state index in [1.807, 2.05) is 26.0 Å². The Kier molecular flexibility index (Phi) is 8.76. The Morgan fingerprint density at radius 3 is 2.68 bits per heavy atom. The summed E-state index contributed by atoms with van der Waals surface area (Å²) in [6, 6.07) is 10.3.